The summed E-state index contributed by atoms with van der Waals surface area (Å²) in [6.45, 7) is 2.25. The number of esters is 1. The van der Waals surface area contributed by atoms with Crippen molar-refractivity contribution in [3.63, 3.8) is 0 Å². The number of fused-ring (bicyclic) bond motifs is 3. The first-order valence-electron chi connectivity index (χ1n) is 14.9. The maximum Gasteiger partial charge on any atom is 0.311 e. The number of amides is 2. The number of aliphatic hydroxyl groups is 1. The molecule has 0 aromatic heterocycles. The zero-order valence-electron chi connectivity index (χ0n) is 24.0. The van der Waals surface area contributed by atoms with Crippen molar-refractivity contribution >= 4 is 46.0 Å². The molecule has 7 nitrogen and oxygen atoms in total. The Kier molecular flexibility index (Phi) is 6.94. The Hall–Kier alpha value is -3.88. The molecular weight excluding hydrogens is 560 g/mol. The highest BCUT2D eigenvalue weighted by atomic mass is 32.2. The van der Waals surface area contributed by atoms with Crippen LogP contribution in [0.5, 0.6) is 0 Å². The van der Waals surface area contributed by atoms with Gasteiger partial charge < -0.3 is 19.6 Å². The largest absolute Gasteiger partial charge is 0.465 e. The van der Waals surface area contributed by atoms with Crippen LogP contribution in [0.4, 0.5) is 5.69 Å². The van der Waals surface area contributed by atoms with Gasteiger partial charge in [0.15, 0.2) is 0 Å². The molecule has 8 heteroatoms. The summed E-state index contributed by atoms with van der Waals surface area (Å²) >= 11 is 1.52. The van der Waals surface area contributed by atoms with Gasteiger partial charge in [-0.3, -0.25) is 14.4 Å². The van der Waals surface area contributed by atoms with Crippen molar-refractivity contribution in [3.05, 3.63) is 103 Å². The number of thioether (sulfide) groups is 1. The lowest BCUT2D eigenvalue weighted by Crippen LogP contribution is -2.57. The van der Waals surface area contributed by atoms with Gasteiger partial charge in [0.25, 0.3) is 5.91 Å². The van der Waals surface area contributed by atoms with Crippen LogP contribution in [-0.2, 0) is 25.5 Å². The van der Waals surface area contributed by atoms with Crippen molar-refractivity contribution < 1.29 is 24.2 Å². The highest BCUT2D eigenvalue weighted by molar-refractivity contribution is 8.02. The lowest BCUT2D eigenvalue weighted by atomic mass is 9.74. The fourth-order valence-electron chi connectivity index (χ4n) is 7.53. The second-order valence-electron chi connectivity index (χ2n) is 12.0. The average molecular weight is 595 g/mol. The smallest absolute Gasteiger partial charge is 0.311 e. The monoisotopic (exact) mass is 594 g/mol. The second-order valence-corrected chi connectivity index (χ2v) is 13.8. The molecule has 3 aromatic carbocycles. The number of carbonyl (C=O) groups excluding carboxylic acids is 3. The second kappa shape index (κ2) is 10.7. The molecule has 43 heavy (non-hydrogen) atoms. The quantitative estimate of drug-likeness (QED) is 0.345. The molecule has 1 unspecified atom stereocenters. The van der Waals surface area contributed by atoms with Crippen LogP contribution in [0.1, 0.15) is 18.9 Å². The van der Waals surface area contributed by atoms with Crippen LogP contribution in [-0.4, -0.2) is 69.1 Å². The Bertz CT molecular complexity index is 1660. The van der Waals surface area contributed by atoms with Crippen LogP contribution < -0.4 is 4.90 Å². The molecule has 2 amide bonds. The van der Waals surface area contributed by atoms with Crippen molar-refractivity contribution in [2.45, 2.75) is 41.3 Å². The highest BCUT2D eigenvalue weighted by Gasteiger charge is 2.74. The molecule has 0 saturated carbocycles. The number of nitrogens with zero attached hydrogens (tertiary/aromatic N) is 2. The molecule has 220 valence electrons. The number of cyclic esters (lactones) is 1. The molecule has 3 aromatic rings. The lowest BCUT2D eigenvalue weighted by molar-refractivity contribution is -0.154. The van der Waals surface area contributed by atoms with Crippen LogP contribution in [0.3, 0.4) is 0 Å². The Balaban J connectivity index is 1.37. The van der Waals surface area contributed by atoms with Gasteiger partial charge in [0.1, 0.15) is 6.04 Å². The number of likely N-dealkylation sites (tertiary alicyclic amines) is 1. The number of hydrogen-bond donors (Lipinski definition) is 1. The molecular formula is C35H34N2O5S. The van der Waals surface area contributed by atoms with Crippen LogP contribution in [0, 0.1) is 11.8 Å². The minimum atomic E-state index is -1.02. The summed E-state index contributed by atoms with van der Waals surface area (Å²) in [5.41, 5.74) is 1.69. The summed E-state index contributed by atoms with van der Waals surface area (Å²) in [4.78, 5) is 46.6. The van der Waals surface area contributed by atoms with Gasteiger partial charge in [-0.05, 0) is 48.2 Å². The van der Waals surface area contributed by atoms with Gasteiger partial charge in [0.05, 0.1) is 35.8 Å². The third kappa shape index (κ3) is 4.42. The minimum Gasteiger partial charge on any atom is -0.465 e. The summed E-state index contributed by atoms with van der Waals surface area (Å²) in [7, 11) is 0. The normalized spacial score (nSPS) is 30.7. The summed E-state index contributed by atoms with van der Waals surface area (Å²) in [6, 6.07) is 22.1. The highest BCUT2D eigenvalue weighted by Crippen LogP contribution is 2.65. The van der Waals surface area contributed by atoms with Crippen molar-refractivity contribution in [1.29, 1.82) is 0 Å². The fraction of sp³-hybridized carbons (Fsp3) is 0.343. The first-order chi connectivity index (χ1) is 20.9. The van der Waals surface area contributed by atoms with E-state index in [-0.39, 0.29) is 25.0 Å². The zero-order chi connectivity index (χ0) is 29.8. The van der Waals surface area contributed by atoms with E-state index < -0.39 is 39.4 Å². The summed E-state index contributed by atoms with van der Waals surface area (Å²) < 4.78 is 3.91. The predicted molar refractivity (Wildman–Crippen MR) is 168 cm³/mol. The fourth-order valence-corrected chi connectivity index (χ4v) is 9.67. The van der Waals surface area contributed by atoms with Crippen molar-refractivity contribution in [2.75, 3.05) is 24.7 Å². The number of rotatable bonds is 5. The number of hydrogen-bond acceptors (Lipinski definition) is 6. The molecule has 2 fully saturated rings. The summed E-state index contributed by atoms with van der Waals surface area (Å²) in [5.74, 6) is -2.50. The predicted octanol–water partition coefficient (Wildman–Crippen LogP) is 4.54. The van der Waals surface area contributed by atoms with Crippen molar-refractivity contribution in [2.24, 2.45) is 11.8 Å². The van der Waals surface area contributed by atoms with Crippen molar-refractivity contribution in [3.8, 4) is 0 Å². The van der Waals surface area contributed by atoms with Gasteiger partial charge in [0, 0.05) is 17.0 Å². The third-order valence-corrected chi connectivity index (χ3v) is 11.2. The SMILES string of the molecule is C[C@@]12C=CCCOC(=O)[C@@H]1[C@H]1C(=O)N([C@@H](CO)Cc3ccccc3)C3C(=O)N(c4ccc5ccccc5c4)CC=C[C@@]31S2. The molecule has 0 radical (unpaired) electrons. The van der Waals surface area contributed by atoms with Crippen LogP contribution in [0.2, 0.25) is 0 Å². The van der Waals surface area contributed by atoms with E-state index in [1.807, 2.05) is 104 Å². The van der Waals surface area contributed by atoms with Gasteiger partial charge in [-0.2, -0.15) is 0 Å². The van der Waals surface area contributed by atoms with Gasteiger partial charge >= 0.3 is 5.97 Å². The van der Waals surface area contributed by atoms with Crippen LogP contribution >= 0.6 is 11.8 Å². The number of anilines is 1. The number of aliphatic hydroxyl groups excluding tert-OH is 1. The standard InChI is InChI=1S/C35H34N2O5S/c1-34-16-7-8-19-42-33(41)29(34)28-31(39)37(27(22-38)20-23-10-3-2-4-11-23)30-32(40)36(18-9-17-35(28,30)43-34)26-15-14-24-12-5-6-13-25(24)21-26/h2-7,9-17,21,27-30,38H,8,18-20,22H2,1H3/t27-,28+,29+,30?,34-,35+/m1/s1. The Morgan fingerprint density at radius 2 is 1.70 bits per heavy atom. The van der Waals surface area contributed by atoms with E-state index >= 15 is 0 Å². The van der Waals surface area contributed by atoms with E-state index in [0.29, 0.717) is 19.4 Å². The Morgan fingerprint density at radius 3 is 2.49 bits per heavy atom. The molecule has 2 saturated heterocycles. The third-order valence-electron chi connectivity index (χ3n) is 9.42. The van der Waals surface area contributed by atoms with E-state index in [9.17, 15) is 19.5 Å². The first-order valence-corrected chi connectivity index (χ1v) is 15.7. The van der Waals surface area contributed by atoms with Gasteiger partial charge in [-0.25, -0.2) is 0 Å². The Labute approximate surface area is 255 Å². The van der Waals surface area contributed by atoms with Crippen LogP contribution in [0.15, 0.2) is 97.1 Å². The van der Waals surface area contributed by atoms with E-state index in [1.54, 1.807) is 9.80 Å². The minimum absolute atomic E-state index is 0.217. The first kappa shape index (κ1) is 27.9. The van der Waals surface area contributed by atoms with Gasteiger partial charge in [-0.15, -0.1) is 11.8 Å². The molecule has 4 aliphatic heterocycles. The molecule has 6 atom stereocenters. The van der Waals surface area contributed by atoms with Crippen LogP contribution in [0.25, 0.3) is 10.8 Å². The van der Waals surface area contributed by atoms with E-state index in [2.05, 4.69) is 0 Å². The average Bonchev–Trinajstić information content (AvgIpc) is 3.34. The number of carbonyl (C=O) groups is 3. The molecule has 4 aliphatic rings. The zero-order valence-corrected chi connectivity index (χ0v) is 24.8. The topological polar surface area (TPSA) is 87.1 Å². The van der Waals surface area contributed by atoms with Crippen molar-refractivity contribution in [1.82, 2.24) is 4.90 Å². The molecule has 0 bridgehead atoms. The summed E-state index contributed by atoms with van der Waals surface area (Å²) in [6.07, 6.45) is 8.99. The summed E-state index contributed by atoms with van der Waals surface area (Å²) in [5, 5.41) is 12.8. The number of benzene rings is 3. The number of ether oxygens (including phenoxy) is 1. The van der Waals surface area contributed by atoms with E-state index in [4.69, 9.17) is 4.74 Å². The van der Waals surface area contributed by atoms with Gasteiger partial charge in [0.2, 0.25) is 5.91 Å². The molecule has 1 N–H and O–H groups in total. The molecule has 1 spiro atoms. The molecule has 7 rings (SSSR count). The van der Waals surface area contributed by atoms with E-state index in [1.165, 1.54) is 11.8 Å². The molecule has 4 heterocycles. The maximum atomic E-state index is 14.9. The lowest BCUT2D eigenvalue weighted by Gasteiger charge is -2.40. The maximum absolute atomic E-state index is 14.9. The molecule has 0 aliphatic carbocycles. The van der Waals surface area contributed by atoms with Gasteiger partial charge in [-0.1, -0.05) is 85.0 Å². The van der Waals surface area contributed by atoms with E-state index in [0.717, 1.165) is 22.0 Å². The Morgan fingerprint density at radius 1 is 0.930 bits per heavy atom.